The fourth-order valence-electron chi connectivity index (χ4n) is 3.15. The summed E-state index contributed by atoms with van der Waals surface area (Å²) in [6, 6.07) is 0.108. The number of fused-ring (bicyclic) bond motifs is 1. The molecule has 0 spiro atoms. The molecule has 7 heteroatoms. The third-order valence-corrected chi connectivity index (χ3v) is 6.06. The van der Waals surface area contributed by atoms with Gasteiger partial charge in [-0.1, -0.05) is 0 Å². The second kappa shape index (κ2) is 4.57. The lowest BCUT2D eigenvalue weighted by molar-refractivity contribution is 0.381. The second-order valence-corrected chi connectivity index (χ2v) is 7.14. The minimum atomic E-state index is -3.44. The Bertz CT molecular complexity index is 581. The van der Waals surface area contributed by atoms with Crippen molar-refractivity contribution in [2.24, 2.45) is 5.92 Å². The molecule has 1 aromatic heterocycles. The minimum Gasteiger partial charge on any atom is -0.334 e. The molecular formula is C12H20N4O2S. The third kappa shape index (κ3) is 2.00. The van der Waals surface area contributed by atoms with E-state index in [-0.39, 0.29) is 11.1 Å². The second-order valence-electron chi connectivity index (χ2n) is 5.30. The number of nitrogens with zero attached hydrogens (tertiary/aromatic N) is 3. The summed E-state index contributed by atoms with van der Waals surface area (Å²) < 4.78 is 28.9. The predicted octanol–water partition coefficient (Wildman–Crippen LogP) is 0.194. The van der Waals surface area contributed by atoms with Crippen molar-refractivity contribution in [2.75, 3.05) is 19.6 Å². The zero-order valence-electron chi connectivity index (χ0n) is 11.3. The van der Waals surface area contributed by atoms with E-state index in [2.05, 4.69) is 10.3 Å². The molecule has 0 unspecified atom stereocenters. The van der Waals surface area contributed by atoms with Gasteiger partial charge in [0.1, 0.15) is 5.82 Å². The van der Waals surface area contributed by atoms with Crippen molar-refractivity contribution in [2.45, 2.75) is 37.9 Å². The van der Waals surface area contributed by atoms with E-state index in [0.29, 0.717) is 12.5 Å². The van der Waals surface area contributed by atoms with Crippen molar-refractivity contribution in [3.05, 3.63) is 12.0 Å². The molecule has 2 atom stereocenters. The molecule has 0 amide bonds. The standard InChI is InChI=1S/C12H20N4O2S/c1-3-15-8-12(14-9(15)2)19(17,18)16-5-4-10-6-13-7-11(10)16/h8,10-11,13H,3-7H2,1-2H3/t10-,11+/m0/s1. The van der Waals surface area contributed by atoms with E-state index in [9.17, 15) is 8.42 Å². The van der Waals surface area contributed by atoms with Gasteiger partial charge in [-0.2, -0.15) is 4.31 Å². The van der Waals surface area contributed by atoms with Gasteiger partial charge in [-0.3, -0.25) is 0 Å². The predicted molar refractivity (Wildman–Crippen MR) is 71.3 cm³/mol. The maximum Gasteiger partial charge on any atom is 0.262 e. The SMILES string of the molecule is CCn1cc(S(=O)(=O)N2CC[C@H]3CNC[C@H]32)nc1C. The molecule has 0 bridgehead atoms. The van der Waals surface area contributed by atoms with Crippen LogP contribution in [0.15, 0.2) is 11.2 Å². The van der Waals surface area contributed by atoms with Gasteiger partial charge >= 0.3 is 0 Å². The molecule has 19 heavy (non-hydrogen) atoms. The smallest absolute Gasteiger partial charge is 0.262 e. The zero-order valence-corrected chi connectivity index (χ0v) is 12.2. The quantitative estimate of drug-likeness (QED) is 0.860. The van der Waals surface area contributed by atoms with Gasteiger partial charge in [0.2, 0.25) is 0 Å². The molecular weight excluding hydrogens is 264 g/mol. The third-order valence-electron chi connectivity index (χ3n) is 4.26. The summed E-state index contributed by atoms with van der Waals surface area (Å²) in [6.45, 7) is 6.88. The lowest BCUT2D eigenvalue weighted by Gasteiger charge is -2.21. The average Bonchev–Trinajstić information content (AvgIpc) is 3.01. The monoisotopic (exact) mass is 284 g/mol. The number of sulfonamides is 1. The van der Waals surface area contributed by atoms with Crippen LogP contribution in [-0.4, -0.2) is 48.0 Å². The van der Waals surface area contributed by atoms with Gasteiger partial charge in [-0.15, -0.1) is 0 Å². The van der Waals surface area contributed by atoms with Crippen molar-refractivity contribution in [1.82, 2.24) is 19.2 Å². The lowest BCUT2D eigenvalue weighted by Crippen LogP contribution is -2.39. The molecule has 0 aliphatic carbocycles. The first kappa shape index (κ1) is 13.1. The number of aromatic nitrogens is 2. The Morgan fingerprint density at radius 2 is 2.26 bits per heavy atom. The van der Waals surface area contributed by atoms with Gasteiger partial charge in [0.25, 0.3) is 10.0 Å². The van der Waals surface area contributed by atoms with E-state index >= 15 is 0 Å². The summed E-state index contributed by atoms with van der Waals surface area (Å²) >= 11 is 0. The minimum absolute atomic E-state index is 0.108. The summed E-state index contributed by atoms with van der Waals surface area (Å²) in [5, 5.41) is 3.47. The zero-order chi connectivity index (χ0) is 13.6. The van der Waals surface area contributed by atoms with Gasteiger partial charge in [0.05, 0.1) is 0 Å². The normalized spacial score (nSPS) is 27.9. The maximum absolute atomic E-state index is 12.7. The van der Waals surface area contributed by atoms with Gasteiger partial charge in [0.15, 0.2) is 5.03 Å². The number of hydrogen-bond acceptors (Lipinski definition) is 4. The molecule has 0 aromatic carbocycles. The van der Waals surface area contributed by atoms with E-state index in [1.54, 1.807) is 10.5 Å². The average molecular weight is 284 g/mol. The van der Waals surface area contributed by atoms with Gasteiger partial charge in [-0.05, 0) is 32.7 Å². The Hall–Kier alpha value is -0.920. The van der Waals surface area contributed by atoms with Crippen LogP contribution in [0.25, 0.3) is 0 Å². The first-order valence-electron chi connectivity index (χ1n) is 6.80. The molecule has 6 nitrogen and oxygen atoms in total. The van der Waals surface area contributed by atoms with Crippen LogP contribution in [0.1, 0.15) is 19.2 Å². The van der Waals surface area contributed by atoms with Crippen LogP contribution in [0.5, 0.6) is 0 Å². The molecule has 2 aliphatic heterocycles. The molecule has 2 saturated heterocycles. The van der Waals surface area contributed by atoms with Crippen molar-refractivity contribution >= 4 is 10.0 Å². The molecule has 3 heterocycles. The van der Waals surface area contributed by atoms with Crippen LogP contribution in [0.4, 0.5) is 0 Å². The number of rotatable bonds is 3. The lowest BCUT2D eigenvalue weighted by atomic mass is 10.1. The highest BCUT2D eigenvalue weighted by molar-refractivity contribution is 7.89. The molecule has 3 rings (SSSR count). The first-order valence-corrected chi connectivity index (χ1v) is 8.24. The molecule has 0 radical (unpaired) electrons. The van der Waals surface area contributed by atoms with Crippen LogP contribution >= 0.6 is 0 Å². The van der Waals surface area contributed by atoms with Gasteiger partial charge < -0.3 is 9.88 Å². The summed E-state index contributed by atoms with van der Waals surface area (Å²) in [5.41, 5.74) is 0. The van der Waals surface area contributed by atoms with Crippen molar-refractivity contribution < 1.29 is 8.42 Å². The van der Waals surface area contributed by atoms with Crippen LogP contribution in [0.3, 0.4) is 0 Å². The van der Waals surface area contributed by atoms with Crippen molar-refractivity contribution in [3.8, 4) is 0 Å². The van der Waals surface area contributed by atoms with E-state index in [1.807, 2.05) is 18.4 Å². The highest BCUT2D eigenvalue weighted by atomic mass is 32.2. The summed E-state index contributed by atoms with van der Waals surface area (Å²) in [4.78, 5) is 4.22. The first-order chi connectivity index (χ1) is 9.04. The summed E-state index contributed by atoms with van der Waals surface area (Å²) in [5.74, 6) is 1.21. The fraction of sp³-hybridized carbons (Fsp3) is 0.750. The van der Waals surface area contributed by atoms with Gasteiger partial charge in [-0.25, -0.2) is 13.4 Å². The van der Waals surface area contributed by atoms with Crippen LogP contribution < -0.4 is 5.32 Å². The summed E-state index contributed by atoms with van der Waals surface area (Å²) in [7, 11) is -3.44. The highest BCUT2D eigenvalue weighted by Crippen LogP contribution is 2.31. The largest absolute Gasteiger partial charge is 0.334 e. The van der Waals surface area contributed by atoms with Crippen LogP contribution in [0, 0.1) is 12.8 Å². The van der Waals surface area contributed by atoms with E-state index in [1.165, 1.54) is 0 Å². The van der Waals surface area contributed by atoms with E-state index < -0.39 is 10.0 Å². The van der Waals surface area contributed by atoms with E-state index in [0.717, 1.165) is 31.9 Å². The van der Waals surface area contributed by atoms with Crippen LogP contribution in [-0.2, 0) is 16.6 Å². The van der Waals surface area contributed by atoms with E-state index in [4.69, 9.17) is 0 Å². The Kier molecular flexibility index (Phi) is 3.15. The molecule has 0 saturated carbocycles. The Morgan fingerprint density at radius 1 is 1.47 bits per heavy atom. The molecule has 2 fully saturated rings. The topological polar surface area (TPSA) is 67.2 Å². The number of imidazole rings is 1. The number of aryl methyl sites for hydroxylation is 2. The number of hydrogen-bond donors (Lipinski definition) is 1. The molecule has 2 aliphatic rings. The Balaban J connectivity index is 1.93. The molecule has 106 valence electrons. The van der Waals surface area contributed by atoms with Crippen molar-refractivity contribution in [3.63, 3.8) is 0 Å². The molecule has 1 N–H and O–H groups in total. The van der Waals surface area contributed by atoms with Crippen LogP contribution in [0.2, 0.25) is 0 Å². The Morgan fingerprint density at radius 3 is 2.95 bits per heavy atom. The fourth-order valence-corrected chi connectivity index (χ4v) is 4.85. The molecule has 1 aromatic rings. The van der Waals surface area contributed by atoms with Gasteiger partial charge in [0, 0.05) is 31.9 Å². The summed E-state index contributed by atoms with van der Waals surface area (Å²) in [6.07, 6.45) is 2.60. The Labute approximate surface area is 113 Å². The highest BCUT2D eigenvalue weighted by Gasteiger charge is 2.44. The van der Waals surface area contributed by atoms with Crippen molar-refractivity contribution in [1.29, 1.82) is 0 Å². The maximum atomic E-state index is 12.7. The number of nitrogens with one attached hydrogen (secondary N) is 1.